The van der Waals surface area contributed by atoms with Gasteiger partial charge in [-0.25, -0.2) is 0 Å². The Morgan fingerprint density at radius 2 is 1.21 bits per heavy atom. The fraction of sp³-hybridized carbons (Fsp3) is 0.889. The van der Waals surface area contributed by atoms with Crippen molar-refractivity contribution in [1.29, 1.82) is 0 Å². The highest BCUT2D eigenvalue weighted by Gasteiger charge is 2.39. The molecule has 310 valence electrons. The molecule has 0 saturated heterocycles. The van der Waals surface area contributed by atoms with Crippen molar-refractivity contribution >= 4 is 17.7 Å². The Hall–Kier alpha value is -1.77. The first-order valence-electron chi connectivity index (χ1n) is 22.2. The number of hydrogen-bond acceptors (Lipinski definition) is 8. The highest BCUT2D eigenvalue weighted by Crippen LogP contribution is 2.34. The SMILES string of the molecule is CCCCC[C@H](O)/C=C/[C@H]1C(=O)C[C@H](O)[C@@H]1CCCCCCC(=O)O[C@@H](CO)COC(=O)CCCCCCCCCCCCCCCCCCC(C)C. The molecule has 8 nitrogen and oxygen atoms in total. The van der Waals surface area contributed by atoms with Gasteiger partial charge in [0.15, 0.2) is 6.10 Å². The standard InChI is InChI=1S/C45H82O8/c1-4-5-22-28-38(47)32-33-41-40(42(48)34-43(41)49)29-24-20-21-26-31-45(51)53-39(35-46)36-52-44(50)30-25-19-17-15-13-11-9-7-6-8-10-12-14-16-18-23-27-37(2)3/h32-33,37-42,46-48H,4-31,34-36H2,1-3H3/b33-32+/t38-,39-,40+,41+,42-/m0/s1. The van der Waals surface area contributed by atoms with Crippen LogP contribution >= 0.6 is 0 Å². The van der Waals surface area contributed by atoms with Gasteiger partial charge in [0, 0.05) is 25.2 Å². The van der Waals surface area contributed by atoms with Gasteiger partial charge in [-0.1, -0.05) is 174 Å². The first kappa shape index (κ1) is 49.2. The summed E-state index contributed by atoms with van der Waals surface area (Å²) in [6.45, 7) is 6.22. The van der Waals surface area contributed by atoms with Gasteiger partial charge in [-0.2, -0.15) is 0 Å². The minimum atomic E-state index is -0.854. The Balaban J connectivity index is 2.01. The smallest absolute Gasteiger partial charge is 0.306 e. The van der Waals surface area contributed by atoms with Crippen molar-refractivity contribution in [3.8, 4) is 0 Å². The van der Waals surface area contributed by atoms with Gasteiger partial charge < -0.3 is 24.8 Å². The van der Waals surface area contributed by atoms with E-state index in [-0.39, 0.29) is 43.0 Å². The number of ketones is 1. The quantitative estimate of drug-likeness (QED) is 0.0328. The molecule has 0 bridgehead atoms. The molecule has 1 saturated carbocycles. The summed E-state index contributed by atoms with van der Waals surface area (Å²) in [5.41, 5.74) is 0. The molecular formula is C45H82O8. The third-order valence-electron chi connectivity index (χ3n) is 10.9. The maximum absolute atomic E-state index is 12.5. The molecule has 0 aromatic heterocycles. The van der Waals surface area contributed by atoms with Crippen LogP contribution in [0, 0.1) is 17.8 Å². The summed E-state index contributed by atoms with van der Waals surface area (Å²) >= 11 is 0. The molecule has 1 rings (SSSR count). The Kier molecular flexibility index (Phi) is 31.2. The summed E-state index contributed by atoms with van der Waals surface area (Å²) < 4.78 is 10.6. The van der Waals surface area contributed by atoms with E-state index in [0.29, 0.717) is 19.3 Å². The summed E-state index contributed by atoms with van der Waals surface area (Å²) in [6, 6.07) is 0. The van der Waals surface area contributed by atoms with Crippen LogP contribution in [0.5, 0.6) is 0 Å². The minimum absolute atomic E-state index is 0.0341. The first-order chi connectivity index (χ1) is 25.7. The lowest BCUT2D eigenvalue weighted by molar-refractivity contribution is -0.161. The van der Waals surface area contributed by atoms with Gasteiger partial charge in [0.05, 0.1) is 18.8 Å². The second-order valence-corrected chi connectivity index (χ2v) is 16.4. The van der Waals surface area contributed by atoms with Crippen molar-refractivity contribution < 1.29 is 39.2 Å². The highest BCUT2D eigenvalue weighted by atomic mass is 16.6. The van der Waals surface area contributed by atoms with Crippen molar-refractivity contribution in [3.05, 3.63) is 12.2 Å². The number of allylic oxidation sites excluding steroid dienone is 1. The number of aliphatic hydroxyl groups is 3. The fourth-order valence-corrected chi connectivity index (χ4v) is 7.47. The summed E-state index contributed by atoms with van der Waals surface area (Å²) in [6.07, 6.45) is 31.8. The summed E-state index contributed by atoms with van der Waals surface area (Å²) in [7, 11) is 0. The van der Waals surface area contributed by atoms with Crippen LogP contribution in [0.15, 0.2) is 12.2 Å². The fourth-order valence-electron chi connectivity index (χ4n) is 7.47. The summed E-state index contributed by atoms with van der Waals surface area (Å²) in [5.74, 6) is -0.342. The predicted molar refractivity (Wildman–Crippen MR) is 215 cm³/mol. The third kappa shape index (κ3) is 27.5. The molecular weight excluding hydrogens is 668 g/mol. The van der Waals surface area contributed by atoms with Gasteiger partial charge in [-0.3, -0.25) is 14.4 Å². The van der Waals surface area contributed by atoms with E-state index in [1.807, 2.05) is 0 Å². The molecule has 1 fully saturated rings. The molecule has 1 aliphatic rings. The molecule has 1 aliphatic carbocycles. The number of carbonyl (C=O) groups is 3. The number of aliphatic hydroxyl groups excluding tert-OH is 3. The maximum atomic E-state index is 12.5. The number of hydrogen-bond donors (Lipinski definition) is 3. The van der Waals surface area contributed by atoms with Gasteiger partial charge in [-0.05, 0) is 37.5 Å². The zero-order valence-electron chi connectivity index (χ0n) is 34.4. The van der Waals surface area contributed by atoms with E-state index in [0.717, 1.165) is 70.1 Å². The van der Waals surface area contributed by atoms with E-state index >= 15 is 0 Å². The Morgan fingerprint density at radius 3 is 1.74 bits per heavy atom. The molecule has 0 unspecified atom stereocenters. The van der Waals surface area contributed by atoms with E-state index < -0.39 is 30.9 Å². The van der Waals surface area contributed by atoms with Gasteiger partial charge in [-0.15, -0.1) is 0 Å². The molecule has 8 heteroatoms. The molecule has 0 aromatic carbocycles. The van der Waals surface area contributed by atoms with Crippen LogP contribution in [0.25, 0.3) is 0 Å². The van der Waals surface area contributed by atoms with Crippen LogP contribution in [-0.4, -0.2) is 64.6 Å². The molecule has 0 heterocycles. The minimum Gasteiger partial charge on any atom is -0.462 e. The van der Waals surface area contributed by atoms with Crippen LogP contribution in [0.4, 0.5) is 0 Å². The molecule has 0 aliphatic heterocycles. The largest absolute Gasteiger partial charge is 0.462 e. The third-order valence-corrected chi connectivity index (χ3v) is 10.9. The number of esters is 2. The van der Waals surface area contributed by atoms with Crippen LogP contribution < -0.4 is 0 Å². The lowest BCUT2D eigenvalue weighted by atomic mass is 9.88. The first-order valence-corrected chi connectivity index (χ1v) is 22.2. The Morgan fingerprint density at radius 1 is 0.717 bits per heavy atom. The maximum Gasteiger partial charge on any atom is 0.306 e. The van der Waals surface area contributed by atoms with Gasteiger partial charge in [0.2, 0.25) is 0 Å². The van der Waals surface area contributed by atoms with E-state index in [1.165, 1.54) is 89.9 Å². The van der Waals surface area contributed by atoms with Crippen molar-refractivity contribution in [2.45, 2.75) is 225 Å². The van der Waals surface area contributed by atoms with E-state index in [4.69, 9.17) is 9.47 Å². The Bertz CT molecular complexity index is 933. The van der Waals surface area contributed by atoms with Crippen LogP contribution in [-0.2, 0) is 23.9 Å². The number of carbonyl (C=O) groups excluding carboxylic acids is 3. The van der Waals surface area contributed by atoms with Gasteiger partial charge >= 0.3 is 11.9 Å². The van der Waals surface area contributed by atoms with Crippen LogP contribution in [0.3, 0.4) is 0 Å². The zero-order chi connectivity index (χ0) is 38.9. The van der Waals surface area contributed by atoms with E-state index in [2.05, 4.69) is 20.8 Å². The summed E-state index contributed by atoms with van der Waals surface area (Å²) in [4.78, 5) is 37.0. The van der Waals surface area contributed by atoms with Crippen LogP contribution in [0.1, 0.15) is 207 Å². The molecule has 0 amide bonds. The highest BCUT2D eigenvalue weighted by molar-refractivity contribution is 5.86. The Labute approximate surface area is 324 Å². The molecule has 3 N–H and O–H groups in total. The molecule has 53 heavy (non-hydrogen) atoms. The van der Waals surface area contributed by atoms with Crippen molar-refractivity contribution in [3.63, 3.8) is 0 Å². The second-order valence-electron chi connectivity index (χ2n) is 16.4. The van der Waals surface area contributed by atoms with Gasteiger partial charge in [0.1, 0.15) is 12.4 Å². The number of Topliss-reactive ketones (excluding diaryl/α,β-unsaturated/α-hetero) is 1. The second kappa shape index (κ2) is 33.6. The topological polar surface area (TPSA) is 130 Å². The van der Waals surface area contributed by atoms with Crippen molar-refractivity contribution in [1.82, 2.24) is 0 Å². The molecule has 0 spiro atoms. The number of unbranched alkanes of at least 4 members (excludes halogenated alkanes) is 20. The van der Waals surface area contributed by atoms with Gasteiger partial charge in [0.25, 0.3) is 0 Å². The van der Waals surface area contributed by atoms with Crippen molar-refractivity contribution in [2.24, 2.45) is 17.8 Å². The lowest BCUT2D eigenvalue weighted by Crippen LogP contribution is -2.28. The average Bonchev–Trinajstić information content (AvgIpc) is 3.40. The normalized spacial score (nSPS) is 18.6. The monoisotopic (exact) mass is 751 g/mol. The van der Waals surface area contributed by atoms with Crippen molar-refractivity contribution in [2.75, 3.05) is 13.2 Å². The molecule has 5 atom stereocenters. The lowest BCUT2D eigenvalue weighted by Gasteiger charge is -2.19. The molecule has 0 aromatic rings. The summed E-state index contributed by atoms with van der Waals surface area (Å²) in [5, 5.41) is 30.3. The van der Waals surface area contributed by atoms with E-state index in [9.17, 15) is 29.7 Å². The molecule has 0 radical (unpaired) electrons. The predicted octanol–water partition coefficient (Wildman–Crippen LogP) is 10.5. The van der Waals surface area contributed by atoms with E-state index in [1.54, 1.807) is 12.2 Å². The number of rotatable bonds is 36. The zero-order valence-corrected chi connectivity index (χ0v) is 34.4. The average molecular weight is 751 g/mol. The number of ether oxygens (including phenoxy) is 2. The van der Waals surface area contributed by atoms with Crippen LogP contribution in [0.2, 0.25) is 0 Å².